The summed E-state index contributed by atoms with van der Waals surface area (Å²) in [4.78, 5) is 34.8. The van der Waals surface area contributed by atoms with Crippen molar-refractivity contribution in [3.63, 3.8) is 0 Å². The van der Waals surface area contributed by atoms with Crippen molar-refractivity contribution in [3.05, 3.63) is 57.6 Å². The molecule has 29 heavy (non-hydrogen) atoms. The van der Waals surface area contributed by atoms with Gasteiger partial charge in [0.1, 0.15) is 0 Å². The van der Waals surface area contributed by atoms with Crippen LogP contribution in [0.3, 0.4) is 0 Å². The predicted octanol–water partition coefficient (Wildman–Crippen LogP) is 2.40. The first-order valence-corrected chi connectivity index (χ1v) is 8.71. The molecule has 0 saturated carbocycles. The monoisotopic (exact) mass is 401 g/mol. The van der Waals surface area contributed by atoms with E-state index >= 15 is 0 Å². The first-order chi connectivity index (χ1) is 13.9. The largest absolute Gasteiger partial charge is 0.454 e. The molecule has 0 saturated heterocycles. The van der Waals surface area contributed by atoms with Crippen LogP contribution in [0.15, 0.2) is 36.4 Å². The lowest BCUT2D eigenvalue weighted by Crippen LogP contribution is -2.31. The molecule has 0 unspecified atom stereocenters. The molecule has 2 aromatic carbocycles. The van der Waals surface area contributed by atoms with E-state index in [-0.39, 0.29) is 24.1 Å². The van der Waals surface area contributed by atoms with Gasteiger partial charge in [-0.25, -0.2) is 4.79 Å². The molecule has 152 valence electrons. The maximum atomic E-state index is 12.3. The summed E-state index contributed by atoms with van der Waals surface area (Å²) in [6.07, 6.45) is 0. The molecule has 3 rings (SSSR count). The number of nitrogens with one attached hydrogen (secondary N) is 2. The number of nitrogens with zero attached hydrogens (tertiary/aromatic N) is 1. The number of carbonyl (C=O) groups is 2. The molecule has 10 nitrogen and oxygen atoms in total. The minimum atomic E-state index is -0.844. The Hall–Kier alpha value is -3.82. The number of nitro benzene ring substituents is 1. The van der Waals surface area contributed by atoms with Crippen LogP contribution in [0.2, 0.25) is 0 Å². The van der Waals surface area contributed by atoms with Gasteiger partial charge in [-0.15, -0.1) is 0 Å². The van der Waals surface area contributed by atoms with E-state index in [0.29, 0.717) is 17.2 Å². The molecule has 1 amide bonds. The average molecular weight is 401 g/mol. The Labute approximate surface area is 165 Å². The van der Waals surface area contributed by atoms with E-state index in [1.54, 1.807) is 32.2 Å². The lowest BCUT2D eigenvalue weighted by Gasteiger charge is -2.15. The van der Waals surface area contributed by atoms with Crippen LogP contribution in [0.4, 0.5) is 11.4 Å². The predicted molar refractivity (Wildman–Crippen MR) is 102 cm³/mol. The summed E-state index contributed by atoms with van der Waals surface area (Å²) in [5, 5.41) is 16.4. The second-order valence-electron chi connectivity index (χ2n) is 6.22. The van der Waals surface area contributed by atoms with Gasteiger partial charge >= 0.3 is 5.97 Å². The Morgan fingerprint density at radius 1 is 1.21 bits per heavy atom. The zero-order chi connectivity index (χ0) is 21.0. The smallest absolute Gasteiger partial charge is 0.341 e. The second-order valence-corrected chi connectivity index (χ2v) is 6.22. The molecule has 0 spiro atoms. The number of ether oxygens (including phenoxy) is 3. The number of rotatable bonds is 7. The first-order valence-electron chi connectivity index (χ1n) is 8.71. The summed E-state index contributed by atoms with van der Waals surface area (Å²) in [6, 6.07) is 8.72. The van der Waals surface area contributed by atoms with Crippen LogP contribution in [-0.4, -0.2) is 37.2 Å². The zero-order valence-corrected chi connectivity index (χ0v) is 15.8. The van der Waals surface area contributed by atoms with E-state index in [9.17, 15) is 19.7 Å². The van der Waals surface area contributed by atoms with Gasteiger partial charge in [-0.1, -0.05) is 6.07 Å². The Morgan fingerprint density at radius 2 is 1.97 bits per heavy atom. The summed E-state index contributed by atoms with van der Waals surface area (Å²) in [5.74, 6) is -0.123. The first kappa shape index (κ1) is 19.9. The summed E-state index contributed by atoms with van der Waals surface area (Å²) < 4.78 is 15.6. The van der Waals surface area contributed by atoms with Gasteiger partial charge in [-0.3, -0.25) is 14.9 Å². The van der Waals surface area contributed by atoms with Crippen molar-refractivity contribution in [2.75, 3.05) is 25.8 Å². The minimum absolute atomic E-state index is 0.0293. The second kappa shape index (κ2) is 8.46. The van der Waals surface area contributed by atoms with Gasteiger partial charge in [-0.2, -0.15) is 0 Å². The number of hydrogen-bond acceptors (Lipinski definition) is 8. The highest BCUT2D eigenvalue weighted by molar-refractivity contribution is 5.97. The van der Waals surface area contributed by atoms with Crippen LogP contribution in [0.1, 0.15) is 28.9 Å². The molecule has 1 atom stereocenters. The van der Waals surface area contributed by atoms with Gasteiger partial charge in [-0.05, 0) is 30.7 Å². The van der Waals surface area contributed by atoms with Crippen LogP contribution in [0, 0.1) is 10.1 Å². The third-order valence-electron chi connectivity index (χ3n) is 4.31. The number of non-ortho nitro benzene ring substituents is 1. The van der Waals surface area contributed by atoms with Crippen molar-refractivity contribution < 1.29 is 28.7 Å². The van der Waals surface area contributed by atoms with E-state index in [4.69, 9.17) is 14.2 Å². The van der Waals surface area contributed by atoms with Crippen LogP contribution in [-0.2, 0) is 9.53 Å². The fourth-order valence-electron chi connectivity index (χ4n) is 2.79. The van der Waals surface area contributed by atoms with Gasteiger partial charge in [0.2, 0.25) is 6.79 Å². The summed E-state index contributed by atoms with van der Waals surface area (Å²) in [6.45, 7) is 1.40. The fourth-order valence-corrected chi connectivity index (χ4v) is 2.79. The average Bonchev–Trinajstić information content (AvgIpc) is 3.19. The molecule has 0 aromatic heterocycles. The maximum Gasteiger partial charge on any atom is 0.341 e. The number of benzene rings is 2. The molecule has 2 N–H and O–H groups in total. The number of esters is 1. The van der Waals surface area contributed by atoms with Crippen molar-refractivity contribution in [2.24, 2.45) is 0 Å². The summed E-state index contributed by atoms with van der Waals surface area (Å²) >= 11 is 0. The molecule has 0 bridgehead atoms. The third-order valence-corrected chi connectivity index (χ3v) is 4.31. The molecule has 2 aromatic rings. The molecule has 1 heterocycles. The van der Waals surface area contributed by atoms with Crippen molar-refractivity contribution in [3.8, 4) is 11.5 Å². The molecule has 10 heteroatoms. The molecular formula is C19H19N3O7. The highest BCUT2D eigenvalue weighted by atomic mass is 16.7. The number of hydrogen-bond donors (Lipinski definition) is 2. The molecular weight excluding hydrogens is 382 g/mol. The Balaban J connectivity index is 1.59. The van der Waals surface area contributed by atoms with Gasteiger partial charge in [0, 0.05) is 24.9 Å². The number of carbonyl (C=O) groups excluding carboxylic acids is 2. The Morgan fingerprint density at radius 3 is 2.69 bits per heavy atom. The molecule has 0 fully saturated rings. The van der Waals surface area contributed by atoms with E-state index in [0.717, 1.165) is 11.6 Å². The zero-order valence-electron chi connectivity index (χ0n) is 15.8. The van der Waals surface area contributed by atoms with Crippen molar-refractivity contribution in [1.29, 1.82) is 0 Å². The van der Waals surface area contributed by atoms with E-state index in [2.05, 4.69) is 10.6 Å². The molecule has 0 radical (unpaired) electrons. The van der Waals surface area contributed by atoms with Crippen molar-refractivity contribution in [2.45, 2.75) is 13.0 Å². The van der Waals surface area contributed by atoms with Gasteiger partial charge in [0.15, 0.2) is 18.1 Å². The third kappa shape index (κ3) is 4.54. The highest BCUT2D eigenvalue weighted by Gasteiger charge is 2.20. The number of anilines is 1. The standard InChI is InChI=1S/C19H19N3O7/c1-11(12-3-6-16-17(7-12)29-10-28-16)21-18(23)9-27-19(24)14-8-13(22(25)26)4-5-15(14)20-2/h3-8,11,20H,9-10H2,1-2H3,(H,21,23)/t11-/m1/s1. The van der Waals surface area contributed by atoms with Gasteiger partial charge in [0.05, 0.1) is 16.5 Å². The minimum Gasteiger partial charge on any atom is -0.454 e. The molecule has 1 aliphatic rings. The lowest BCUT2D eigenvalue weighted by molar-refractivity contribution is -0.384. The maximum absolute atomic E-state index is 12.3. The van der Waals surface area contributed by atoms with Crippen molar-refractivity contribution in [1.82, 2.24) is 5.32 Å². The van der Waals surface area contributed by atoms with Gasteiger partial charge in [0.25, 0.3) is 11.6 Å². The van der Waals surface area contributed by atoms with Crippen LogP contribution in [0.5, 0.6) is 11.5 Å². The highest BCUT2D eigenvalue weighted by Crippen LogP contribution is 2.34. The Bertz CT molecular complexity index is 961. The van der Waals surface area contributed by atoms with E-state index in [1.807, 2.05) is 0 Å². The SMILES string of the molecule is CNc1ccc([N+](=O)[O-])cc1C(=O)OCC(=O)N[C@H](C)c1ccc2c(c1)OCO2. The topological polar surface area (TPSA) is 129 Å². The number of nitro groups is 1. The Kier molecular flexibility index (Phi) is 5.82. The number of amides is 1. The summed E-state index contributed by atoms with van der Waals surface area (Å²) in [5.41, 5.74) is 0.870. The lowest BCUT2D eigenvalue weighted by atomic mass is 10.1. The fraction of sp³-hybridized carbons (Fsp3) is 0.263. The normalized spacial score (nSPS) is 12.8. The van der Waals surface area contributed by atoms with E-state index in [1.165, 1.54) is 12.1 Å². The van der Waals surface area contributed by atoms with Gasteiger partial charge < -0.3 is 24.8 Å². The number of fused-ring (bicyclic) bond motifs is 1. The summed E-state index contributed by atoms with van der Waals surface area (Å²) in [7, 11) is 1.57. The molecule has 0 aliphatic carbocycles. The van der Waals surface area contributed by atoms with Crippen molar-refractivity contribution >= 4 is 23.3 Å². The van der Waals surface area contributed by atoms with Crippen LogP contribution < -0.4 is 20.1 Å². The van der Waals surface area contributed by atoms with Crippen LogP contribution in [0.25, 0.3) is 0 Å². The molecule has 1 aliphatic heterocycles. The van der Waals surface area contributed by atoms with E-state index < -0.39 is 23.4 Å². The quantitative estimate of drug-likeness (QED) is 0.411. The van der Waals surface area contributed by atoms with Crippen LogP contribution >= 0.6 is 0 Å².